The zero-order chi connectivity index (χ0) is 9.26. The van der Waals surface area contributed by atoms with Crippen LogP contribution in [0.1, 0.15) is 11.1 Å². The number of benzene rings is 1. The molecule has 1 aromatic carbocycles. The Kier molecular flexibility index (Phi) is 1.89. The molecule has 0 atom stereocenters. The van der Waals surface area contributed by atoms with E-state index in [0.29, 0.717) is 0 Å². The fraction of sp³-hybridized carbons (Fsp3) is 0.182. The van der Waals surface area contributed by atoms with E-state index in [0.717, 1.165) is 5.69 Å². The van der Waals surface area contributed by atoms with Crippen molar-refractivity contribution >= 4 is 0 Å². The summed E-state index contributed by atoms with van der Waals surface area (Å²) in [4.78, 5) is 0. The molecule has 0 aliphatic heterocycles. The van der Waals surface area contributed by atoms with Gasteiger partial charge in [-0.25, -0.2) is 4.68 Å². The summed E-state index contributed by atoms with van der Waals surface area (Å²) in [6.45, 7) is 4.12. The van der Waals surface area contributed by atoms with Gasteiger partial charge in [0.15, 0.2) is 0 Å². The molecule has 0 spiro atoms. The first-order valence-electron chi connectivity index (χ1n) is 4.34. The normalized spacial score (nSPS) is 10.3. The summed E-state index contributed by atoms with van der Waals surface area (Å²) in [5.74, 6) is 0. The number of aromatic nitrogens is 2. The van der Waals surface area contributed by atoms with Gasteiger partial charge in [-0.1, -0.05) is 17.7 Å². The van der Waals surface area contributed by atoms with E-state index in [9.17, 15) is 0 Å². The highest BCUT2D eigenvalue weighted by Crippen LogP contribution is 2.08. The van der Waals surface area contributed by atoms with E-state index in [1.54, 1.807) is 0 Å². The quantitative estimate of drug-likeness (QED) is 0.646. The number of hydrogen-bond donors (Lipinski definition) is 0. The van der Waals surface area contributed by atoms with Gasteiger partial charge in [0.25, 0.3) is 0 Å². The molecule has 0 fully saturated rings. The molecule has 66 valence electrons. The number of rotatable bonds is 1. The van der Waals surface area contributed by atoms with E-state index in [2.05, 4.69) is 36.3 Å². The Labute approximate surface area is 77.8 Å². The van der Waals surface area contributed by atoms with Gasteiger partial charge in [0.2, 0.25) is 0 Å². The van der Waals surface area contributed by atoms with Gasteiger partial charge in [-0.15, -0.1) is 0 Å². The second kappa shape index (κ2) is 3.05. The van der Waals surface area contributed by atoms with Crippen LogP contribution in [0.5, 0.6) is 0 Å². The first-order valence-corrected chi connectivity index (χ1v) is 4.34. The Balaban J connectivity index is 2.41. The van der Waals surface area contributed by atoms with Gasteiger partial charge in [0.05, 0.1) is 11.9 Å². The van der Waals surface area contributed by atoms with Gasteiger partial charge in [-0.2, -0.15) is 5.10 Å². The molecule has 0 saturated heterocycles. The molecular weight excluding hydrogens is 160 g/mol. The second-order valence-electron chi connectivity index (χ2n) is 3.30. The fourth-order valence-electron chi connectivity index (χ4n) is 1.25. The van der Waals surface area contributed by atoms with Crippen LogP contribution in [0.4, 0.5) is 0 Å². The van der Waals surface area contributed by atoms with Crippen LogP contribution in [0, 0.1) is 13.8 Å². The molecule has 0 aliphatic carbocycles. The molecule has 1 aromatic heterocycles. The van der Waals surface area contributed by atoms with E-state index in [4.69, 9.17) is 0 Å². The lowest BCUT2D eigenvalue weighted by molar-refractivity contribution is 0.880. The molecule has 2 heteroatoms. The highest BCUT2D eigenvalue weighted by Gasteiger charge is 1.96. The van der Waals surface area contributed by atoms with Crippen molar-refractivity contribution in [2.45, 2.75) is 13.8 Å². The van der Waals surface area contributed by atoms with E-state index >= 15 is 0 Å². The minimum atomic E-state index is 1.11. The average Bonchev–Trinajstić information content (AvgIpc) is 2.53. The van der Waals surface area contributed by atoms with Crippen molar-refractivity contribution in [3.8, 4) is 5.69 Å². The zero-order valence-corrected chi connectivity index (χ0v) is 7.86. The molecule has 2 nitrogen and oxygen atoms in total. The average molecular weight is 172 g/mol. The van der Waals surface area contributed by atoms with Crippen LogP contribution in [0.25, 0.3) is 5.69 Å². The van der Waals surface area contributed by atoms with E-state index in [1.807, 2.05) is 24.0 Å². The SMILES string of the molecule is Cc1ccc(-n2cc(C)cn2)cc1. The van der Waals surface area contributed by atoms with Crippen LogP contribution in [0.2, 0.25) is 0 Å². The van der Waals surface area contributed by atoms with Crippen molar-refractivity contribution in [3.63, 3.8) is 0 Å². The lowest BCUT2D eigenvalue weighted by Crippen LogP contribution is -1.93. The molecule has 0 radical (unpaired) electrons. The van der Waals surface area contributed by atoms with Crippen molar-refractivity contribution in [2.75, 3.05) is 0 Å². The van der Waals surface area contributed by atoms with Crippen LogP contribution in [-0.4, -0.2) is 9.78 Å². The Bertz CT molecular complexity index is 398. The summed E-state index contributed by atoms with van der Waals surface area (Å²) in [6.07, 6.45) is 3.88. The van der Waals surface area contributed by atoms with Crippen LogP contribution in [0.3, 0.4) is 0 Å². The van der Waals surface area contributed by atoms with Gasteiger partial charge in [-0.3, -0.25) is 0 Å². The highest BCUT2D eigenvalue weighted by molar-refractivity contribution is 5.33. The molecule has 13 heavy (non-hydrogen) atoms. The lowest BCUT2D eigenvalue weighted by Gasteiger charge is -2.00. The molecular formula is C11H12N2. The zero-order valence-electron chi connectivity index (χ0n) is 7.86. The Hall–Kier alpha value is -1.57. The van der Waals surface area contributed by atoms with Crippen molar-refractivity contribution in [2.24, 2.45) is 0 Å². The first kappa shape index (κ1) is 8.05. The molecule has 0 aliphatic rings. The maximum atomic E-state index is 4.23. The summed E-state index contributed by atoms with van der Waals surface area (Å²) in [7, 11) is 0. The maximum absolute atomic E-state index is 4.23. The standard InChI is InChI=1S/C11H12N2/c1-9-3-5-11(6-4-9)13-8-10(2)7-12-13/h3-8H,1-2H3. The van der Waals surface area contributed by atoms with Crippen molar-refractivity contribution in [3.05, 3.63) is 47.8 Å². The van der Waals surface area contributed by atoms with Gasteiger partial charge in [0, 0.05) is 6.20 Å². The van der Waals surface area contributed by atoms with Crippen molar-refractivity contribution in [1.29, 1.82) is 0 Å². The van der Waals surface area contributed by atoms with Gasteiger partial charge in [0.1, 0.15) is 0 Å². The largest absolute Gasteiger partial charge is 0.241 e. The number of aryl methyl sites for hydroxylation is 2. The molecule has 0 bridgehead atoms. The second-order valence-corrected chi connectivity index (χ2v) is 3.30. The molecule has 0 amide bonds. The highest BCUT2D eigenvalue weighted by atomic mass is 15.3. The lowest BCUT2D eigenvalue weighted by atomic mass is 10.2. The molecule has 0 N–H and O–H groups in total. The summed E-state index contributed by atoms with van der Waals surface area (Å²) in [6, 6.07) is 8.32. The molecule has 0 unspecified atom stereocenters. The third-order valence-corrected chi connectivity index (χ3v) is 2.01. The van der Waals surface area contributed by atoms with Gasteiger partial charge < -0.3 is 0 Å². The Morgan fingerprint density at radius 3 is 2.23 bits per heavy atom. The minimum absolute atomic E-state index is 1.11. The summed E-state index contributed by atoms with van der Waals surface area (Å²) in [5, 5.41) is 4.23. The third-order valence-electron chi connectivity index (χ3n) is 2.01. The molecule has 2 rings (SSSR count). The van der Waals surface area contributed by atoms with Crippen LogP contribution in [-0.2, 0) is 0 Å². The van der Waals surface area contributed by atoms with Crippen LogP contribution < -0.4 is 0 Å². The van der Waals surface area contributed by atoms with E-state index in [1.165, 1.54) is 11.1 Å². The molecule has 1 heterocycles. The van der Waals surface area contributed by atoms with Crippen LogP contribution in [0.15, 0.2) is 36.7 Å². The van der Waals surface area contributed by atoms with Gasteiger partial charge >= 0.3 is 0 Å². The molecule has 2 aromatic rings. The fourth-order valence-corrected chi connectivity index (χ4v) is 1.25. The van der Waals surface area contributed by atoms with Gasteiger partial charge in [-0.05, 0) is 31.5 Å². The number of nitrogens with zero attached hydrogens (tertiary/aromatic N) is 2. The van der Waals surface area contributed by atoms with Crippen molar-refractivity contribution < 1.29 is 0 Å². The topological polar surface area (TPSA) is 17.8 Å². The summed E-state index contributed by atoms with van der Waals surface area (Å²) < 4.78 is 1.88. The monoisotopic (exact) mass is 172 g/mol. The number of hydrogen-bond acceptors (Lipinski definition) is 1. The Morgan fingerprint density at radius 2 is 1.69 bits per heavy atom. The summed E-state index contributed by atoms with van der Waals surface area (Å²) in [5.41, 5.74) is 3.56. The van der Waals surface area contributed by atoms with Crippen LogP contribution >= 0.6 is 0 Å². The molecule has 0 saturated carbocycles. The summed E-state index contributed by atoms with van der Waals surface area (Å²) >= 11 is 0. The van der Waals surface area contributed by atoms with E-state index < -0.39 is 0 Å². The minimum Gasteiger partial charge on any atom is -0.241 e. The smallest absolute Gasteiger partial charge is 0.0645 e. The third kappa shape index (κ3) is 1.61. The first-order chi connectivity index (χ1) is 6.25. The van der Waals surface area contributed by atoms with E-state index in [-0.39, 0.29) is 0 Å². The predicted octanol–water partition coefficient (Wildman–Crippen LogP) is 2.49. The Morgan fingerprint density at radius 1 is 1.00 bits per heavy atom. The predicted molar refractivity (Wildman–Crippen MR) is 53.0 cm³/mol. The van der Waals surface area contributed by atoms with Crippen molar-refractivity contribution in [1.82, 2.24) is 9.78 Å². The maximum Gasteiger partial charge on any atom is 0.0645 e.